The first-order chi connectivity index (χ1) is 14.2. The molecule has 2 saturated heterocycles. The molecule has 3 rings (SSSR count). The topological polar surface area (TPSA) is 37.3 Å². The van der Waals surface area contributed by atoms with Crippen LogP contribution in [0.1, 0.15) is 83.5 Å². The summed E-state index contributed by atoms with van der Waals surface area (Å²) in [5, 5.41) is 10.5. The summed E-state index contributed by atoms with van der Waals surface area (Å²) in [6.07, 6.45) is 25.5. The number of fused-ring (bicyclic) bond motifs is 2. The SMILES string of the molecule is O=C(O)CCC/C=C\C[C@H]1C2CC[C@H](S2)[C@H]1CCSCC=CC1CCCCCC1. The minimum Gasteiger partial charge on any atom is -0.481 e. The first-order valence-electron chi connectivity index (χ1n) is 12.0. The number of thioether (sulfide) groups is 2. The van der Waals surface area contributed by atoms with E-state index in [1.807, 2.05) is 0 Å². The monoisotopic (exact) mass is 436 g/mol. The van der Waals surface area contributed by atoms with Gasteiger partial charge >= 0.3 is 5.97 Å². The van der Waals surface area contributed by atoms with Crippen LogP contribution in [0.15, 0.2) is 24.3 Å². The van der Waals surface area contributed by atoms with Gasteiger partial charge in [0, 0.05) is 22.7 Å². The van der Waals surface area contributed by atoms with E-state index < -0.39 is 5.97 Å². The third-order valence-corrected chi connectivity index (χ3v) is 9.87. The van der Waals surface area contributed by atoms with Crippen LogP contribution in [0.3, 0.4) is 0 Å². The number of aliphatic carboxylic acids is 1. The van der Waals surface area contributed by atoms with Crippen LogP contribution in [0.25, 0.3) is 0 Å². The number of hydrogen-bond acceptors (Lipinski definition) is 3. The van der Waals surface area contributed by atoms with Crippen molar-refractivity contribution in [3.05, 3.63) is 24.3 Å². The lowest BCUT2D eigenvalue weighted by atomic mass is 9.76. The van der Waals surface area contributed by atoms with Crippen molar-refractivity contribution in [1.29, 1.82) is 0 Å². The Hall–Kier alpha value is -0.350. The highest BCUT2D eigenvalue weighted by Gasteiger charge is 2.46. The maximum absolute atomic E-state index is 10.6. The van der Waals surface area contributed by atoms with Gasteiger partial charge in [0.05, 0.1) is 0 Å². The van der Waals surface area contributed by atoms with Crippen LogP contribution >= 0.6 is 23.5 Å². The first kappa shape index (κ1) is 23.3. The van der Waals surface area contributed by atoms with Crippen LogP contribution < -0.4 is 0 Å². The number of allylic oxidation sites excluding steroid dienone is 3. The van der Waals surface area contributed by atoms with E-state index in [1.54, 1.807) is 0 Å². The van der Waals surface area contributed by atoms with Crippen LogP contribution in [0, 0.1) is 17.8 Å². The molecule has 3 aliphatic rings. The second-order valence-electron chi connectivity index (χ2n) is 9.15. The molecule has 2 heterocycles. The smallest absolute Gasteiger partial charge is 0.303 e. The standard InChI is InChI=1S/C25H40O2S2/c26-25(27)14-8-4-3-7-13-21-22(24-16-15-23(21)29-24)17-19-28-18-9-12-20-10-5-1-2-6-11-20/h3,7,9,12,20-24H,1-2,4-6,8,10-11,13-19H2,(H,26,27)/b7-3-,12-9?/t21-,22+,23?,24+/m1/s1. The number of hydrogen-bond donors (Lipinski definition) is 1. The highest BCUT2D eigenvalue weighted by Crippen LogP contribution is 2.55. The lowest BCUT2D eigenvalue weighted by Gasteiger charge is -2.29. The largest absolute Gasteiger partial charge is 0.481 e. The quantitative estimate of drug-likeness (QED) is 0.197. The van der Waals surface area contributed by atoms with Crippen molar-refractivity contribution in [2.45, 2.75) is 94.0 Å². The van der Waals surface area contributed by atoms with Crippen molar-refractivity contribution >= 4 is 29.5 Å². The van der Waals surface area contributed by atoms with E-state index in [2.05, 4.69) is 47.8 Å². The van der Waals surface area contributed by atoms with E-state index in [-0.39, 0.29) is 0 Å². The third kappa shape index (κ3) is 8.01. The molecule has 0 aromatic rings. The molecule has 0 amide bonds. The minimum absolute atomic E-state index is 0.295. The molecular weight excluding hydrogens is 396 g/mol. The van der Waals surface area contributed by atoms with E-state index in [1.165, 1.54) is 75.7 Å². The molecule has 2 nitrogen and oxygen atoms in total. The maximum atomic E-state index is 10.6. The second-order valence-corrected chi connectivity index (χ2v) is 11.8. The molecule has 4 atom stereocenters. The molecule has 4 heteroatoms. The number of unbranched alkanes of at least 4 members (excludes halogenated alkanes) is 1. The normalized spacial score (nSPS) is 30.5. The van der Waals surface area contributed by atoms with Crippen molar-refractivity contribution in [2.24, 2.45) is 17.8 Å². The molecule has 0 aromatic carbocycles. The molecule has 1 aliphatic carbocycles. The van der Waals surface area contributed by atoms with Gasteiger partial charge in [-0.15, -0.1) is 0 Å². The van der Waals surface area contributed by atoms with E-state index in [0.717, 1.165) is 41.1 Å². The van der Waals surface area contributed by atoms with Gasteiger partial charge in [-0.25, -0.2) is 0 Å². The van der Waals surface area contributed by atoms with Gasteiger partial charge in [0.2, 0.25) is 0 Å². The van der Waals surface area contributed by atoms with Crippen LogP contribution in [-0.4, -0.2) is 33.1 Å². The summed E-state index contributed by atoms with van der Waals surface area (Å²) in [5.41, 5.74) is 0. The Kier molecular flexibility index (Phi) is 10.6. The molecule has 164 valence electrons. The fourth-order valence-corrected chi connectivity index (χ4v) is 8.36. The van der Waals surface area contributed by atoms with Gasteiger partial charge in [0.1, 0.15) is 0 Å². The molecule has 2 bridgehead atoms. The molecule has 0 radical (unpaired) electrons. The Morgan fingerprint density at radius 3 is 2.48 bits per heavy atom. The predicted molar refractivity (Wildman–Crippen MR) is 129 cm³/mol. The summed E-state index contributed by atoms with van der Waals surface area (Å²) in [4.78, 5) is 10.6. The molecule has 2 aliphatic heterocycles. The fraction of sp³-hybridized carbons (Fsp3) is 0.800. The Bertz CT molecular complexity index is 537. The summed E-state index contributed by atoms with van der Waals surface area (Å²) < 4.78 is 0. The Labute approximate surface area is 186 Å². The van der Waals surface area contributed by atoms with Crippen LogP contribution in [0.2, 0.25) is 0 Å². The zero-order valence-electron chi connectivity index (χ0n) is 18.0. The highest BCUT2D eigenvalue weighted by molar-refractivity contribution is 8.01. The molecule has 29 heavy (non-hydrogen) atoms. The number of carbonyl (C=O) groups is 1. The van der Waals surface area contributed by atoms with Crippen molar-refractivity contribution in [3.63, 3.8) is 0 Å². The molecule has 1 saturated carbocycles. The van der Waals surface area contributed by atoms with Gasteiger partial charge in [-0.1, -0.05) is 50.0 Å². The van der Waals surface area contributed by atoms with Crippen molar-refractivity contribution in [1.82, 2.24) is 0 Å². The number of carboxylic acids is 1. The van der Waals surface area contributed by atoms with Gasteiger partial charge < -0.3 is 5.11 Å². The van der Waals surface area contributed by atoms with Crippen LogP contribution in [0.4, 0.5) is 0 Å². The molecule has 1 unspecified atom stereocenters. The van der Waals surface area contributed by atoms with Crippen LogP contribution in [-0.2, 0) is 4.79 Å². The Morgan fingerprint density at radius 1 is 0.966 bits per heavy atom. The molecular formula is C25H40O2S2. The van der Waals surface area contributed by atoms with E-state index in [0.29, 0.717) is 6.42 Å². The predicted octanol–water partition coefficient (Wildman–Crippen LogP) is 7.35. The summed E-state index contributed by atoms with van der Waals surface area (Å²) in [6, 6.07) is 0. The van der Waals surface area contributed by atoms with E-state index in [4.69, 9.17) is 5.11 Å². The summed E-state index contributed by atoms with van der Waals surface area (Å²) in [6.45, 7) is 0. The molecule has 0 spiro atoms. The van der Waals surface area contributed by atoms with Gasteiger partial charge in [0.25, 0.3) is 0 Å². The molecule has 1 N–H and O–H groups in total. The fourth-order valence-electron chi connectivity index (χ4n) is 5.46. The van der Waals surface area contributed by atoms with Gasteiger partial charge in [0.15, 0.2) is 0 Å². The Balaban J connectivity index is 1.32. The van der Waals surface area contributed by atoms with E-state index >= 15 is 0 Å². The third-order valence-electron chi connectivity index (χ3n) is 7.04. The summed E-state index contributed by atoms with van der Waals surface area (Å²) in [7, 11) is 0. The Morgan fingerprint density at radius 2 is 1.72 bits per heavy atom. The highest BCUT2D eigenvalue weighted by atomic mass is 32.2. The van der Waals surface area contributed by atoms with Gasteiger partial charge in [-0.3, -0.25) is 4.79 Å². The summed E-state index contributed by atoms with van der Waals surface area (Å²) >= 11 is 4.41. The second kappa shape index (κ2) is 13.1. The molecule has 3 fully saturated rings. The van der Waals surface area contributed by atoms with Gasteiger partial charge in [-0.05, 0) is 74.9 Å². The van der Waals surface area contributed by atoms with Crippen LogP contribution in [0.5, 0.6) is 0 Å². The van der Waals surface area contributed by atoms with Crippen molar-refractivity contribution in [2.75, 3.05) is 11.5 Å². The zero-order valence-corrected chi connectivity index (χ0v) is 19.6. The number of carboxylic acid groups (broad SMARTS) is 1. The van der Waals surface area contributed by atoms with Crippen molar-refractivity contribution in [3.8, 4) is 0 Å². The minimum atomic E-state index is -0.676. The zero-order chi connectivity index (χ0) is 20.3. The average Bonchev–Trinajstić information content (AvgIpc) is 3.20. The van der Waals surface area contributed by atoms with Crippen molar-refractivity contribution < 1.29 is 9.90 Å². The first-order valence-corrected chi connectivity index (χ1v) is 14.1. The van der Waals surface area contributed by atoms with E-state index in [9.17, 15) is 4.79 Å². The lowest BCUT2D eigenvalue weighted by molar-refractivity contribution is -0.137. The van der Waals surface area contributed by atoms with Gasteiger partial charge in [-0.2, -0.15) is 23.5 Å². The lowest BCUT2D eigenvalue weighted by Crippen LogP contribution is -2.27. The average molecular weight is 437 g/mol. The number of rotatable bonds is 12. The maximum Gasteiger partial charge on any atom is 0.303 e. The summed E-state index contributed by atoms with van der Waals surface area (Å²) in [5.74, 6) is 4.44. The molecule has 0 aromatic heterocycles.